The standard InChI is InChI=1S/C18H30F6N6O4S/c1-12(32)17(13(8-31)4-7-25,11-15(2,3)10-16(20,21)5-6-19)30(18(22,23)24)35(33,34)9-14-26-28-29-27-14/h13,31H,4-11,25H2,1-3H3,(H,26,27,28,29)/i11D. The molecule has 0 aliphatic carbocycles. The van der Waals surface area contributed by atoms with Crippen molar-refractivity contribution in [3.63, 3.8) is 0 Å². The van der Waals surface area contributed by atoms with Gasteiger partial charge in [-0.1, -0.05) is 23.4 Å². The first-order chi connectivity index (χ1) is 16.3. The van der Waals surface area contributed by atoms with Crippen molar-refractivity contribution in [2.24, 2.45) is 17.1 Å². The van der Waals surface area contributed by atoms with Gasteiger partial charge in [-0.2, -0.15) is 18.4 Å². The molecular formula is C18H30F6N6O4S. The molecule has 0 spiro atoms. The fourth-order valence-electron chi connectivity index (χ4n) is 4.14. The van der Waals surface area contributed by atoms with Crippen molar-refractivity contribution in [3.8, 4) is 0 Å². The first-order valence-corrected chi connectivity index (χ1v) is 11.9. The monoisotopic (exact) mass is 541 g/mol. The molecule has 3 atom stereocenters. The predicted octanol–water partition coefficient (Wildman–Crippen LogP) is 1.94. The van der Waals surface area contributed by atoms with Gasteiger partial charge in [-0.25, -0.2) is 17.2 Å². The summed E-state index contributed by atoms with van der Waals surface area (Å²) in [7, 11) is -5.66. The largest absolute Gasteiger partial charge is 0.474 e. The molecule has 0 saturated heterocycles. The van der Waals surface area contributed by atoms with Crippen LogP contribution in [0.25, 0.3) is 0 Å². The zero-order chi connectivity index (χ0) is 28.2. The Hall–Kier alpha value is -1.85. The first-order valence-electron chi connectivity index (χ1n) is 10.9. The van der Waals surface area contributed by atoms with Gasteiger partial charge in [0.25, 0.3) is 5.92 Å². The molecule has 0 radical (unpaired) electrons. The summed E-state index contributed by atoms with van der Waals surface area (Å²) in [5, 5.41) is 21.5. The van der Waals surface area contributed by atoms with Crippen molar-refractivity contribution in [2.75, 3.05) is 19.8 Å². The number of carbonyl (C=O) groups is 1. The topological polar surface area (TPSA) is 155 Å². The molecule has 0 aromatic carbocycles. The van der Waals surface area contributed by atoms with E-state index in [1.165, 1.54) is 0 Å². The lowest BCUT2D eigenvalue weighted by molar-refractivity contribution is -0.248. The number of aliphatic hydroxyl groups excluding tert-OH is 1. The van der Waals surface area contributed by atoms with Crippen molar-refractivity contribution >= 4 is 15.8 Å². The van der Waals surface area contributed by atoms with Crippen molar-refractivity contribution in [1.82, 2.24) is 24.9 Å². The van der Waals surface area contributed by atoms with Gasteiger partial charge in [0.1, 0.15) is 11.3 Å². The number of tetrazole rings is 1. The highest BCUT2D eigenvalue weighted by Crippen LogP contribution is 2.49. The number of ketones is 1. The van der Waals surface area contributed by atoms with Crippen molar-refractivity contribution in [3.05, 3.63) is 5.82 Å². The normalized spacial score (nSPS) is 17.7. The Morgan fingerprint density at radius 2 is 1.89 bits per heavy atom. The number of hydrogen-bond donors (Lipinski definition) is 3. The summed E-state index contributed by atoms with van der Waals surface area (Å²) in [6.07, 6.45) is -11.6. The summed E-state index contributed by atoms with van der Waals surface area (Å²) in [6.45, 7) is -0.712. The average Bonchev–Trinajstić information content (AvgIpc) is 3.19. The third-order valence-corrected chi connectivity index (χ3v) is 6.94. The molecule has 204 valence electrons. The zero-order valence-electron chi connectivity index (χ0n) is 20.3. The van der Waals surface area contributed by atoms with Crippen LogP contribution >= 0.6 is 0 Å². The fourth-order valence-corrected chi connectivity index (χ4v) is 5.82. The van der Waals surface area contributed by atoms with Gasteiger partial charge in [-0.05, 0) is 31.7 Å². The zero-order valence-corrected chi connectivity index (χ0v) is 20.1. The van der Waals surface area contributed by atoms with E-state index in [-0.39, 0.29) is 0 Å². The summed E-state index contributed by atoms with van der Waals surface area (Å²) in [4.78, 5) is 13.1. The van der Waals surface area contributed by atoms with Gasteiger partial charge in [0.05, 0.1) is 6.67 Å². The Balaban J connectivity index is 3.99. The fraction of sp³-hybridized carbons (Fsp3) is 0.889. The van der Waals surface area contributed by atoms with Crippen LogP contribution in [0.3, 0.4) is 0 Å². The molecule has 0 saturated carbocycles. The molecule has 0 aliphatic heterocycles. The maximum atomic E-state index is 14.6. The molecule has 1 aromatic rings. The lowest BCUT2D eigenvalue weighted by Gasteiger charge is -2.49. The summed E-state index contributed by atoms with van der Waals surface area (Å²) in [5.41, 5.74) is -0.198. The summed E-state index contributed by atoms with van der Waals surface area (Å²) >= 11 is 0. The van der Waals surface area contributed by atoms with Crippen LogP contribution in [-0.4, -0.2) is 81.8 Å². The van der Waals surface area contributed by atoms with Crippen LogP contribution in [-0.2, 0) is 20.6 Å². The number of Topliss-reactive ketones (excluding diaryl/α,β-unsaturated/α-hetero) is 1. The summed E-state index contributed by atoms with van der Waals surface area (Å²) < 4.78 is 119. The molecule has 0 amide bonds. The summed E-state index contributed by atoms with van der Waals surface area (Å²) in [5.74, 6) is -9.50. The van der Waals surface area contributed by atoms with E-state index in [2.05, 4.69) is 15.4 Å². The van der Waals surface area contributed by atoms with Crippen LogP contribution in [0.2, 0.25) is 0 Å². The number of nitrogens with one attached hydrogen (secondary N) is 1. The van der Waals surface area contributed by atoms with Crippen LogP contribution < -0.4 is 5.73 Å². The number of alkyl halides is 6. The molecule has 1 rings (SSSR count). The van der Waals surface area contributed by atoms with Crippen LogP contribution in [0.4, 0.5) is 26.3 Å². The average molecular weight is 542 g/mol. The third-order valence-electron chi connectivity index (χ3n) is 5.25. The number of aromatic nitrogens is 4. The minimum Gasteiger partial charge on any atom is -0.396 e. The number of carbonyl (C=O) groups excluding carboxylic acids is 1. The van der Waals surface area contributed by atoms with Gasteiger partial charge in [0.15, 0.2) is 11.6 Å². The van der Waals surface area contributed by atoms with Crippen LogP contribution in [0.1, 0.15) is 53.6 Å². The number of nitrogens with two attached hydrogens (primary N) is 1. The van der Waals surface area contributed by atoms with Gasteiger partial charge < -0.3 is 10.8 Å². The van der Waals surface area contributed by atoms with E-state index in [1.807, 2.05) is 5.21 Å². The van der Waals surface area contributed by atoms with Crippen molar-refractivity contribution in [2.45, 2.75) is 69.9 Å². The minimum absolute atomic E-state index is 0.442. The molecule has 4 N–H and O–H groups in total. The smallest absolute Gasteiger partial charge is 0.396 e. The van der Waals surface area contributed by atoms with Crippen molar-refractivity contribution < 1.29 is 46.0 Å². The second-order valence-electron chi connectivity index (χ2n) is 8.76. The Morgan fingerprint density at radius 3 is 2.29 bits per heavy atom. The SMILES string of the molecule is [2H]C(C(C)(C)CC(F)(F)CCF)C(C(C)=O)(C(CO)CCN)N(C(F)(F)F)S(=O)(=O)Cc1nn[nH]n1. The van der Waals surface area contributed by atoms with E-state index >= 15 is 0 Å². The van der Waals surface area contributed by atoms with E-state index in [1.54, 1.807) is 0 Å². The Kier molecular flexibility index (Phi) is 9.63. The molecular weight excluding hydrogens is 510 g/mol. The van der Waals surface area contributed by atoms with Crippen LogP contribution in [0.15, 0.2) is 0 Å². The van der Waals surface area contributed by atoms with Crippen LogP contribution in [0, 0.1) is 11.3 Å². The highest BCUT2D eigenvalue weighted by atomic mass is 32.2. The highest BCUT2D eigenvalue weighted by Gasteiger charge is 2.64. The molecule has 0 fully saturated rings. The molecule has 1 heterocycles. The summed E-state index contributed by atoms with van der Waals surface area (Å²) in [6, 6.07) is 0. The van der Waals surface area contributed by atoms with E-state index < -0.39 is 106 Å². The van der Waals surface area contributed by atoms with Crippen molar-refractivity contribution in [1.29, 1.82) is 0 Å². The number of hydrogen-bond acceptors (Lipinski definition) is 8. The Labute approximate surface area is 200 Å². The maximum Gasteiger partial charge on any atom is 0.474 e. The Morgan fingerprint density at radius 1 is 1.29 bits per heavy atom. The second kappa shape index (κ2) is 11.5. The molecule has 10 nitrogen and oxygen atoms in total. The highest BCUT2D eigenvalue weighted by molar-refractivity contribution is 7.88. The van der Waals surface area contributed by atoms with Gasteiger partial charge in [-0.3, -0.25) is 9.18 Å². The lowest BCUT2D eigenvalue weighted by Crippen LogP contribution is -2.67. The molecule has 3 unspecified atom stereocenters. The molecule has 1 aromatic heterocycles. The van der Waals surface area contributed by atoms with E-state index in [9.17, 15) is 44.7 Å². The molecule has 0 bridgehead atoms. The number of aliphatic hydroxyl groups is 1. The Bertz CT molecular complexity index is 966. The number of H-pyrrole nitrogens is 1. The molecule has 0 aliphatic rings. The number of aromatic amines is 1. The molecule has 17 heteroatoms. The van der Waals surface area contributed by atoms with Gasteiger partial charge in [0.2, 0.25) is 10.0 Å². The van der Waals surface area contributed by atoms with Crippen LogP contribution in [0.5, 0.6) is 0 Å². The number of rotatable bonds is 15. The maximum absolute atomic E-state index is 14.6. The third kappa shape index (κ3) is 7.82. The molecule has 35 heavy (non-hydrogen) atoms. The quantitative estimate of drug-likeness (QED) is 0.225. The number of halogens is 6. The first kappa shape index (κ1) is 29.4. The van der Waals surface area contributed by atoms with E-state index in [0.29, 0.717) is 6.92 Å². The van der Waals surface area contributed by atoms with E-state index in [0.717, 1.165) is 13.8 Å². The second-order valence-corrected chi connectivity index (χ2v) is 10.6. The lowest BCUT2D eigenvalue weighted by atomic mass is 9.67. The van der Waals surface area contributed by atoms with Gasteiger partial charge in [0, 0.05) is 26.7 Å². The van der Waals surface area contributed by atoms with E-state index in [4.69, 9.17) is 7.10 Å². The predicted molar refractivity (Wildman–Crippen MR) is 111 cm³/mol. The van der Waals surface area contributed by atoms with Gasteiger partial charge >= 0.3 is 6.30 Å². The number of nitrogens with zero attached hydrogens (tertiary/aromatic N) is 4. The van der Waals surface area contributed by atoms with Gasteiger partial charge in [-0.15, -0.1) is 10.2 Å². The minimum atomic E-state index is -5.87. The number of sulfonamides is 1.